The van der Waals surface area contributed by atoms with Crippen LogP contribution in [0.4, 0.5) is 0 Å². The van der Waals surface area contributed by atoms with Gasteiger partial charge in [0.2, 0.25) is 0 Å². The summed E-state index contributed by atoms with van der Waals surface area (Å²) < 4.78 is 12.3. The van der Waals surface area contributed by atoms with Crippen molar-refractivity contribution in [2.45, 2.75) is 105 Å². The van der Waals surface area contributed by atoms with Gasteiger partial charge in [0.1, 0.15) is 24.7 Å². The number of aryl methyl sites for hydroxylation is 4. The van der Waals surface area contributed by atoms with Crippen molar-refractivity contribution in [1.29, 1.82) is 0 Å². The third-order valence-electron chi connectivity index (χ3n) is 8.03. The molecule has 2 atom stereocenters. The fraction of sp³-hybridized carbons (Fsp3) is 0.647. The monoisotopic (exact) mass is 524 g/mol. The van der Waals surface area contributed by atoms with E-state index in [-0.39, 0.29) is 0 Å². The Hall–Kier alpha value is -2.04. The summed E-state index contributed by atoms with van der Waals surface area (Å²) in [6, 6.07) is 13.5. The van der Waals surface area contributed by atoms with Crippen LogP contribution in [0.1, 0.15) is 87.5 Å². The maximum Gasteiger partial charge on any atom is 0.125 e. The average molecular weight is 525 g/mol. The topological polar surface area (TPSA) is 24.9 Å². The van der Waals surface area contributed by atoms with Crippen LogP contribution < -0.4 is 9.47 Å². The van der Waals surface area contributed by atoms with Gasteiger partial charge < -0.3 is 19.3 Å². The number of rotatable bonds is 19. The van der Waals surface area contributed by atoms with Gasteiger partial charge in [0.25, 0.3) is 0 Å². The molecule has 0 heterocycles. The minimum Gasteiger partial charge on any atom is -0.491 e. The van der Waals surface area contributed by atoms with Crippen molar-refractivity contribution in [2.24, 2.45) is 0 Å². The van der Waals surface area contributed by atoms with Crippen molar-refractivity contribution in [1.82, 2.24) is 9.80 Å². The molecular weight excluding hydrogens is 468 g/mol. The molecule has 0 N–H and O–H groups in total. The predicted octanol–water partition coefficient (Wildman–Crippen LogP) is 8.14. The number of nitrogens with zero attached hydrogens (tertiary/aromatic N) is 2. The van der Waals surface area contributed by atoms with Gasteiger partial charge in [0.05, 0.1) is 0 Å². The number of hydrogen-bond donors (Lipinski definition) is 0. The molecule has 0 saturated carbocycles. The molecule has 0 aromatic heterocycles. The summed E-state index contributed by atoms with van der Waals surface area (Å²) in [4.78, 5) is 4.89. The second-order valence-electron chi connectivity index (χ2n) is 11.6. The standard InChI is InChI=1S/C34H56N2O2/c1-27-19-17-20-28(2)33(27)37-25-31(5)35(7)23-15-13-11-9-10-12-14-16-24-36(8)32(6)26-38-34-29(3)21-18-22-30(34)4/h17-22,31-32H,9-16,23-26H2,1-8H3. The van der Waals surface area contributed by atoms with Crippen LogP contribution in [0.15, 0.2) is 36.4 Å². The van der Waals surface area contributed by atoms with E-state index in [0.29, 0.717) is 12.1 Å². The Labute approximate surface area is 234 Å². The van der Waals surface area contributed by atoms with Gasteiger partial charge >= 0.3 is 0 Å². The lowest BCUT2D eigenvalue weighted by Gasteiger charge is -2.25. The maximum absolute atomic E-state index is 6.16. The van der Waals surface area contributed by atoms with Crippen molar-refractivity contribution >= 4 is 0 Å². The molecule has 2 rings (SSSR count). The second-order valence-corrected chi connectivity index (χ2v) is 11.6. The van der Waals surface area contributed by atoms with Gasteiger partial charge in [-0.3, -0.25) is 0 Å². The Morgan fingerprint density at radius 1 is 0.526 bits per heavy atom. The van der Waals surface area contributed by atoms with Gasteiger partial charge in [0, 0.05) is 12.1 Å². The summed E-state index contributed by atoms with van der Waals surface area (Å²) in [5, 5.41) is 0. The van der Waals surface area contributed by atoms with Gasteiger partial charge in [0.15, 0.2) is 0 Å². The normalized spacial score (nSPS) is 13.2. The van der Waals surface area contributed by atoms with Crippen LogP contribution in [-0.4, -0.2) is 62.3 Å². The zero-order valence-electron chi connectivity index (χ0n) is 25.8. The lowest BCUT2D eigenvalue weighted by atomic mass is 10.1. The summed E-state index contributed by atoms with van der Waals surface area (Å²) in [7, 11) is 4.46. The van der Waals surface area contributed by atoms with E-state index in [1.54, 1.807) is 0 Å². The molecule has 0 fully saturated rings. The summed E-state index contributed by atoms with van der Waals surface area (Å²) in [5.74, 6) is 2.10. The highest BCUT2D eigenvalue weighted by molar-refractivity contribution is 5.40. The van der Waals surface area contributed by atoms with Crippen LogP contribution in [0.5, 0.6) is 11.5 Å². The smallest absolute Gasteiger partial charge is 0.125 e. The van der Waals surface area contributed by atoms with Crippen LogP contribution in [0, 0.1) is 27.7 Å². The van der Waals surface area contributed by atoms with E-state index in [1.165, 1.54) is 73.6 Å². The minimum atomic E-state index is 0.424. The molecule has 0 spiro atoms. The Morgan fingerprint density at radius 2 is 0.816 bits per heavy atom. The van der Waals surface area contributed by atoms with E-state index < -0.39 is 0 Å². The fourth-order valence-electron chi connectivity index (χ4n) is 4.94. The summed E-state index contributed by atoms with van der Waals surface area (Å²) in [6.45, 7) is 16.8. The SMILES string of the molecule is Cc1cccc(C)c1OCC(C)N(C)CCCCCCCCCCN(C)C(C)COc1c(C)cccc1C. The molecule has 2 aromatic rings. The van der Waals surface area contributed by atoms with Crippen molar-refractivity contribution in [2.75, 3.05) is 40.4 Å². The molecule has 0 saturated heterocycles. The van der Waals surface area contributed by atoms with E-state index in [1.807, 2.05) is 0 Å². The van der Waals surface area contributed by atoms with Crippen LogP contribution in [0.2, 0.25) is 0 Å². The van der Waals surface area contributed by atoms with Gasteiger partial charge in [-0.2, -0.15) is 0 Å². The molecule has 0 aliphatic heterocycles. The number of benzene rings is 2. The third kappa shape index (κ3) is 11.4. The van der Waals surface area contributed by atoms with Gasteiger partial charge in [-0.05, 0) is 104 Å². The molecule has 0 bridgehead atoms. The molecule has 0 amide bonds. The maximum atomic E-state index is 6.16. The quantitative estimate of drug-likeness (QED) is 0.173. The Morgan fingerprint density at radius 3 is 1.13 bits per heavy atom. The highest BCUT2D eigenvalue weighted by atomic mass is 16.5. The van der Waals surface area contributed by atoms with E-state index in [0.717, 1.165) is 37.8 Å². The zero-order chi connectivity index (χ0) is 27.9. The van der Waals surface area contributed by atoms with E-state index in [9.17, 15) is 0 Å². The summed E-state index contributed by atoms with van der Waals surface area (Å²) in [6.07, 6.45) is 10.6. The molecule has 0 aliphatic carbocycles. The summed E-state index contributed by atoms with van der Waals surface area (Å²) in [5.41, 5.74) is 4.89. The number of hydrogen-bond acceptors (Lipinski definition) is 4. The molecule has 2 unspecified atom stereocenters. The van der Waals surface area contributed by atoms with Gasteiger partial charge in [-0.1, -0.05) is 74.9 Å². The minimum absolute atomic E-state index is 0.424. The van der Waals surface area contributed by atoms with Crippen LogP contribution in [0.3, 0.4) is 0 Å². The molecule has 214 valence electrons. The Bertz CT molecular complexity index is 813. The number of likely N-dealkylation sites (N-methyl/N-ethyl adjacent to an activating group) is 2. The van der Waals surface area contributed by atoms with Crippen molar-refractivity contribution in [3.8, 4) is 11.5 Å². The lowest BCUT2D eigenvalue weighted by Crippen LogP contribution is -2.35. The van der Waals surface area contributed by atoms with E-state index in [4.69, 9.17) is 9.47 Å². The van der Waals surface area contributed by atoms with Crippen LogP contribution >= 0.6 is 0 Å². The van der Waals surface area contributed by atoms with Gasteiger partial charge in [-0.25, -0.2) is 0 Å². The van der Waals surface area contributed by atoms with Crippen molar-refractivity contribution < 1.29 is 9.47 Å². The molecular formula is C34H56N2O2. The first-order chi connectivity index (χ1) is 18.2. The molecule has 38 heavy (non-hydrogen) atoms. The molecule has 0 aliphatic rings. The number of ether oxygens (including phenoxy) is 2. The highest BCUT2D eigenvalue weighted by Crippen LogP contribution is 2.24. The first kappa shape index (κ1) is 32.2. The lowest BCUT2D eigenvalue weighted by molar-refractivity contribution is 0.169. The largest absolute Gasteiger partial charge is 0.491 e. The van der Waals surface area contributed by atoms with Gasteiger partial charge in [-0.15, -0.1) is 0 Å². The third-order valence-corrected chi connectivity index (χ3v) is 8.03. The highest BCUT2D eigenvalue weighted by Gasteiger charge is 2.13. The Balaban J connectivity index is 1.45. The van der Waals surface area contributed by atoms with Crippen LogP contribution in [-0.2, 0) is 0 Å². The first-order valence-corrected chi connectivity index (χ1v) is 15.0. The summed E-state index contributed by atoms with van der Waals surface area (Å²) >= 11 is 0. The van der Waals surface area contributed by atoms with Crippen LogP contribution in [0.25, 0.3) is 0 Å². The number of para-hydroxylation sites is 2. The molecule has 4 nitrogen and oxygen atoms in total. The molecule has 4 heteroatoms. The zero-order valence-corrected chi connectivity index (χ0v) is 25.8. The van der Waals surface area contributed by atoms with Crippen molar-refractivity contribution in [3.05, 3.63) is 58.7 Å². The van der Waals surface area contributed by atoms with E-state index >= 15 is 0 Å². The molecule has 0 radical (unpaired) electrons. The van der Waals surface area contributed by atoms with Crippen molar-refractivity contribution in [3.63, 3.8) is 0 Å². The first-order valence-electron chi connectivity index (χ1n) is 15.0. The average Bonchev–Trinajstić information content (AvgIpc) is 2.88. The van der Waals surface area contributed by atoms with E-state index in [2.05, 4.69) is 102 Å². The molecule has 2 aromatic carbocycles. The predicted molar refractivity (Wildman–Crippen MR) is 164 cm³/mol. The Kier molecular flexibility index (Phi) is 14.8. The second kappa shape index (κ2) is 17.5. The number of unbranched alkanes of at least 4 members (excludes halogenated alkanes) is 7. The fourth-order valence-corrected chi connectivity index (χ4v) is 4.94.